The Morgan fingerprint density at radius 1 is 1.00 bits per heavy atom. The summed E-state index contributed by atoms with van der Waals surface area (Å²) in [7, 11) is 0. The van der Waals surface area contributed by atoms with Gasteiger partial charge in [-0.15, -0.1) is 0 Å². The molecule has 0 atom stereocenters. The molecule has 0 rings (SSSR count). The van der Waals surface area contributed by atoms with Crippen molar-refractivity contribution < 1.29 is 74.2 Å². The molecule has 0 aromatic rings. The van der Waals surface area contributed by atoms with Crippen molar-refractivity contribution in [3.8, 4) is 0 Å². The molecule has 35 valence electrons. The van der Waals surface area contributed by atoms with Gasteiger partial charge in [-0.1, -0.05) is 0 Å². The Kier molecular flexibility index (Phi) is 231. The minimum absolute atomic E-state index is 0. The summed E-state index contributed by atoms with van der Waals surface area (Å²) in [5.41, 5.74) is 0. The molecule has 5 heteroatoms. The van der Waals surface area contributed by atoms with Crippen LogP contribution in [0.15, 0.2) is 0 Å². The Hall–Kier alpha value is 3.12. The maximum absolute atomic E-state index is 0. The van der Waals surface area contributed by atoms with Crippen molar-refractivity contribution in [2.75, 3.05) is 0 Å². The first-order valence-electron chi connectivity index (χ1n) is 0. The third-order valence-electron chi connectivity index (χ3n) is 0. The Morgan fingerprint density at radius 3 is 1.00 bits per heavy atom. The van der Waals surface area contributed by atoms with E-state index in [4.69, 9.17) is 0 Å². The van der Waals surface area contributed by atoms with E-state index in [1.54, 1.807) is 0 Å². The summed E-state index contributed by atoms with van der Waals surface area (Å²) in [5, 5.41) is 0. The van der Waals surface area contributed by atoms with Gasteiger partial charge in [0.15, 0.2) is 0 Å². The molecule has 0 heterocycles. The van der Waals surface area contributed by atoms with Crippen LogP contribution in [0.1, 0.15) is 0 Å². The topological polar surface area (TPSA) is 0 Å². The van der Waals surface area contributed by atoms with Gasteiger partial charge in [0.25, 0.3) is 0 Å². The molecule has 0 aliphatic carbocycles. The van der Waals surface area contributed by atoms with Gasteiger partial charge in [-0.3, -0.25) is 0 Å². The van der Waals surface area contributed by atoms with Gasteiger partial charge in [-0.2, -0.15) is 0 Å². The van der Waals surface area contributed by atoms with Crippen LogP contribution in [0.25, 0.3) is 0 Å². The number of hydrogen-bond acceptors (Lipinski definition) is 0. The van der Waals surface area contributed by atoms with E-state index < -0.39 is 0 Å². The molecule has 0 aromatic carbocycles. The van der Waals surface area contributed by atoms with E-state index in [-0.39, 0.29) is 98.1 Å². The molecule has 0 aliphatic rings. The molecule has 0 N–H and O–H groups in total. The van der Waals surface area contributed by atoms with Gasteiger partial charge in [-0.25, -0.2) is 0 Å². The van der Waals surface area contributed by atoms with Crippen LogP contribution in [0.3, 0.4) is 0 Å². The van der Waals surface area contributed by atoms with Crippen LogP contribution in [-0.4, -0.2) is 23.9 Å². The second-order valence-electron chi connectivity index (χ2n) is 0. The van der Waals surface area contributed by atoms with E-state index in [1.807, 2.05) is 0 Å². The second-order valence-corrected chi connectivity index (χ2v) is 0. The summed E-state index contributed by atoms with van der Waals surface area (Å²) in [6.07, 6.45) is 0. The predicted octanol–water partition coefficient (Wildman–Crippen LogP) is -0.926. The van der Waals surface area contributed by atoms with Gasteiger partial charge >= 0.3 is 23.9 Å². The van der Waals surface area contributed by atoms with Crippen molar-refractivity contribution in [1.82, 2.24) is 0 Å². The zero-order valence-corrected chi connectivity index (χ0v) is 11.9. The maximum Gasteiger partial charge on any atom is 0 e. The van der Waals surface area contributed by atoms with E-state index in [0.29, 0.717) is 0 Å². The Labute approximate surface area is 96.5 Å². The van der Waals surface area contributed by atoms with Gasteiger partial charge in [-0.05, 0) is 0 Å². The van der Waals surface area contributed by atoms with E-state index in [0.717, 1.165) is 0 Å². The predicted molar refractivity (Wildman–Crippen MR) is 8.54 cm³/mol. The SMILES string of the molecule is [Co].[Nb].[Ni].[SnH2].[V]. The van der Waals surface area contributed by atoms with Gasteiger partial charge in [0.1, 0.15) is 0 Å². The van der Waals surface area contributed by atoms with Crippen LogP contribution in [0.2, 0.25) is 0 Å². The standard InChI is InChI=1S/Co.Nb.Ni.Sn.V.2H. The van der Waals surface area contributed by atoms with Gasteiger partial charge < -0.3 is 0 Å². The zero-order chi connectivity index (χ0) is 0. The molecule has 0 saturated carbocycles. The Balaban J connectivity index is 0. The average molecular weight is 382 g/mol. The Morgan fingerprint density at radius 2 is 1.00 bits per heavy atom. The van der Waals surface area contributed by atoms with Crippen molar-refractivity contribution in [3.05, 3.63) is 0 Å². The van der Waals surface area contributed by atoms with E-state index in [2.05, 4.69) is 0 Å². The molecule has 0 unspecified atom stereocenters. The minimum atomic E-state index is 0. The van der Waals surface area contributed by atoms with Crippen molar-refractivity contribution in [2.24, 2.45) is 0 Å². The third kappa shape index (κ3) is 19.2. The Bertz CT molecular complexity index is 11.6. The molecule has 0 amide bonds. The quantitative estimate of drug-likeness (QED) is 0.476. The van der Waals surface area contributed by atoms with Crippen LogP contribution in [0, 0.1) is 0 Å². The van der Waals surface area contributed by atoms with Crippen molar-refractivity contribution in [3.63, 3.8) is 0 Å². The van der Waals surface area contributed by atoms with Crippen LogP contribution >= 0.6 is 0 Å². The molecule has 0 nitrogen and oxygen atoms in total. The minimum Gasteiger partial charge on any atom is 0 e. The third-order valence-corrected chi connectivity index (χ3v) is 0. The van der Waals surface area contributed by atoms with Crippen molar-refractivity contribution in [1.29, 1.82) is 0 Å². The zero-order valence-electron chi connectivity index (χ0n) is 2.25. The van der Waals surface area contributed by atoms with Crippen molar-refractivity contribution in [2.45, 2.75) is 0 Å². The fourth-order valence-electron chi connectivity index (χ4n) is 0. The summed E-state index contributed by atoms with van der Waals surface area (Å²) >= 11 is 0. The first-order valence-corrected chi connectivity index (χ1v) is 0. The molecule has 5 heavy (non-hydrogen) atoms. The summed E-state index contributed by atoms with van der Waals surface area (Å²) in [6.45, 7) is 0. The van der Waals surface area contributed by atoms with Crippen LogP contribution in [0.5, 0.6) is 0 Å². The average Bonchev–Trinajstić information content (AvgIpc) is 0. The molecule has 0 bridgehead atoms. The molecular weight excluding hydrogens is 380 g/mol. The van der Waals surface area contributed by atoms with E-state index in [1.165, 1.54) is 0 Å². The fraction of sp³-hybridized carbons (Fsp3) is 0. The molecule has 5 radical (unpaired) electrons. The number of hydrogen-bond donors (Lipinski definition) is 0. The molecule has 0 aliphatic heterocycles. The number of rotatable bonds is 0. The van der Waals surface area contributed by atoms with Crippen molar-refractivity contribution >= 4 is 23.9 Å². The van der Waals surface area contributed by atoms with E-state index in [9.17, 15) is 0 Å². The fourth-order valence-corrected chi connectivity index (χ4v) is 0. The smallest absolute Gasteiger partial charge is 0 e. The first-order chi connectivity index (χ1) is 0. The van der Waals surface area contributed by atoms with Crippen LogP contribution in [-0.2, 0) is 74.2 Å². The van der Waals surface area contributed by atoms with Gasteiger partial charge in [0.2, 0.25) is 0 Å². The van der Waals surface area contributed by atoms with E-state index >= 15 is 0 Å². The molecule has 0 saturated heterocycles. The molecule has 0 fully saturated rings. The van der Waals surface area contributed by atoms with Gasteiger partial charge in [0.05, 0.1) is 0 Å². The van der Waals surface area contributed by atoms with Crippen LogP contribution in [0.4, 0.5) is 0 Å². The molecular formula is H2CoNbNiSnV. The second kappa shape index (κ2) is 27.4. The summed E-state index contributed by atoms with van der Waals surface area (Å²) in [6, 6.07) is 0. The summed E-state index contributed by atoms with van der Waals surface area (Å²) < 4.78 is 0. The monoisotopic (exact) mass is 383 g/mol. The molecule has 0 spiro atoms. The maximum atomic E-state index is 0. The molecule has 0 aromatic heterocycles. The van der Waals surface area contributed by atoms with Crippen LogP contribution < -0.4 is 0 Å². The normalized spacial score (nSPS) is 0. The first kappa shape index (κ1) is 42.3. The summed E-state index contributed by atoms with van der Waals surface area (Å²) in [4.78, 5) is 0. The van der Waals surface area contributed by atoms with Gasteiger partial charge in [0, 0.05) is 74.2 Å². The largest absolute Gasteiger partial charge is 0 e. The summed E-state index contributed by atoms with van der Waals surface area (Å²) in [5.74, 6) is 0.